The van der Waals surface area contributed by atoms with Crippen LogP contribution in [-0.4, -0.2) is 38.0 Å². The van der Waals surface area contributed by atoms with Crippen LogP contribution in [0.4, 0.5) is 10.1 Å². The lowest BCUT2D eigenvalue weighted by atomic mass is 10.0. The molecule has 0 N–H and O–H groups in total. The van der Waals surface area contributed by atoms with Crippen molar-refractivity contribution in [1.29, 1.82) is 0 Å². The van der Waals surface area contributed by atoms with Crippen LogP contribution in [0.3, 0.4) is 0 Å². The number of hydrogen-bond donors (Lipinski definition) is 0. The Morgan fingerprint density at radius 3 is 2.60 bits per heavy atom. The molecule has 0 aliphatic rings. The summed E-state index contributed by atoms with van der Waals surface area (Å²) in [6.07, 6.45) is 0. The van der Waals surface area contributed by atoms with E-state index in [1.165, 1.54) is 24.3 Å². The number of ether oxygens (including phenoxy) is 1. The van der Waals surface area contributed by atoms with Gasteiger partial charge < -0.3 is 4.74 Å². The van der Waals surface area contributed by atoms with Gasteiger partial charge in [-0.1, -0.05) is 12.1 Å². The highest BCUT2D eigenvalue weighted by Crippen LogP contribution is 2.26. The van der Waals surface area contributed by atoms with Gasteiger partial charge in [-0.3, -0.25) is 14.9 Å². The van der Waals surface area contributed by atoms with Gasteiger partial charge in [-0.2, -0.15) is 0 Å². The normalized spacial score (nSPS) is 10.6. The summed E-state index contributed by atoms with van der Waals surface area (Å²) in [4.78, 5) is 39.5. The minimum absolute atomic E-state index is 0.0487. The van der Waals surface area contributed by atoms with Gasteiger partial charge in [0.05, 0.1) is 34.2 Å². The van der Waals surface area contributed by atoms with Gasteiger partial charge in [-0.15, -0.1) is 16.7 Å². The number of ketones is 1. The fraction of sp³-hybridized carbons (Fsp3) is 0.158. The second-order valence-electron chi connectivity index (χ2n) is 5.89. The van der Waals surface area contributed by atoms with E-state index in [0.29, 0.717) is 0 Å². The molecule has 11 heteroatoms. The molecular weight excluding hydrogens is 419 g/mol. The first-order chi connectivity index (χ1) is 14.4. The highest BCUT2D eigenvalue weighted by Gasteiger charge is 2.25. The van der Waals surface area contributed by atoms with Crippen molar-refractivity contribution in [2.24, 2.45) is 0 Å². The predicted molar refractivity (Wildman–Crippen MR) is 103 cm³/mol. The molecule has 1 heterocycles. The number of aromatic nitrogens is 3. The zero-order valence-electron chi connectivity index (χ0n) is 15.5. The van der Waals surface area contributed by atoms with Crippen molar-refractivity contribution < 1.29 is 23.6 Å². The van der Waals surface area contributed by atoms with Crippen molar-refractivity contribution in [3.05, 3.63) is 81.2 Å². The van der Waals surface area contributed by atoms with E-state index < -0.39 is 22.5 Å². The number of nitro benzene ring substituents is 1. The Balaban J connectivity index is 2.21. The molecule has 0 amide bonds. The van der Waals surface area contributed by atoms with Gasteiger partial charge in [-0.25, -0.2) is 18.9 Å². The summed E-state index contributed by atoms with van der Waals surface area (Å²) in [7, 11) is 0. The van der Waals surface area contributed by atoms with Crippen molar-refractivity contribution >= 4 is 29.0 Å². The second-order valence-corrected chi connectivity index (χ2v) is 6.15. The minimum Gasteiger partial charge on any atom is -0.460 e. The van der Waals surface area contributed by atoms with Crippen LogP contribution >= 0.6 is 11.6 Å². The Labute approximate surface area is 174 Å². The van der Waals surface area contributed by atoms with Crippen molar-refractivity contribution in [2.75, 3.05) is 6.61 Å². The van der Waals surface area contributed by atoms with E-state index in [4.69, 9.17) is 16.3 Å². The number of rotatable bonds is 7. The number of nitro groups is 1. The Bertz CT molecular complexity index is 1150. The van der Waals surface area contributed by atoms with Gasteiger partial charge in [-0.05, 0) is 25.1 Å². The molecule has 3 rings (SSSR count). The Morgan fingerprint density at radius 2 is 1.97 bits per heavy atom. The summed E-state index contributed by atoms with van der Waals surface area (Å²) in [6, 6.07) is 8.65. The van der Waals surface area contributed by atoms with Crippen LogP contribution in [0.25, 0.3) is 5.69 Å². The van der Waals surface area contributed by atoms with Gasteiger partial charge in [0.15, 0.2) is 5.78 Å². The van der Waals surface area contributed by atoms with E-state index in [1.807, 2.05) is 0 Å². The highest BCUT2D eigenvalue weighted by atomic mass is 35.5. The van der Waals surface area contributed by atoms with Crippen molar-refractivity contribution in [3.63, 3.8) is 0 Å². The average molecular weight is 433 g/mol. The molecule has 0 radical (unpaired) electrons. The van der Waals surface area contributed by atoms with Gasteiger partial charge >= 0.3 is 5.97 Å². The van der Waals surface area contributed by atoms with Crippen molar-refractivity contribution in [1.82, 2.24) is 14.8 Å². The van der Waals surface area contributed by atoms with Gasteiger partial charge in [0.2, 0.25) is 0 Å². The van der Waals surface area contributed by atoms with Gasteiger partial charge in [0, 0.05) is 12.1 Å². The molecule has 0 atom stereocenters. The lowest BCUT2D eigenvalue weighted by Gasteiger charge is -2.11. The van der Waals surface area contributed by atoms with Crippen LogP contribution in [-0.2, 0) is 10.6 Å². The second kappa shape index (κ2) is 8.78. The number of hydrogen-bond acceptors (Lipinski definition) is 7. The zero-order valence-corrected chi connectivity index (χ0v) is 16.3. The third-order valence-corrected chi connectivity index (χ3v) is 4.27. The minimum atomic E-state index is -0.805. The molecule has 154 valence electrons. The van der Waals surface area contributed by atoms with Crippen LogP contribution in [0, 0.1) is 15.9 Å². The molecule has 30 heavy (non-hydrogen) atoms. The van der Waals surface area contributed by atoms with E-state index >= 15 is 0 Å². The molecule has 0 spiro atoms. The number of non-ortho nitro benzene ring substituents is 1. The van der Waals surface area contributed by atoms with Crippen LogP contribution in [0.5, 0.6) is 0 Å². The lowest BCUT2D eigenvalue weighted by molar-refractivity contribution is -0.384. The smallest absolute Gasteiger partial charge is 0.378 e. The standard InChI is InChI=1S/C19H14ClFN4O5/c1-2-30-19(27)18-22-16(10-20)24(23-18)15-8-7-11(25(28)29)9-13(15)17(26)12-5-3-4-6-14(12)21/h3-9H,2,10H2,1H3. The van der Waals surface area contributed by atoms with E-state index in [2.05, 4.69) is 10.1 Å². The van der Waals surface area contributed by atoms with Crippen molar-refractivity contribution in [2.45, 2.75) is 12.8 Å². The molecule has 0 unspecified atom stereocenters. The molecule has 0 aliphatic heterocycles. The maximum atomic E-state index is 14.2. The first-order valence-electron chi connectivity index (χ1n) is 8.64. The fourth-order valence-electron chi connectivity index (χ4n) is 2.70. The number of carbonyl (C=O) groups excluding carboxylic acids is 2. The topological polar surface area (TPSA) is 117 Å². The molecule has 3 aromatic rings. The SMILES string of the molecule is CCOC(=O)c1nc(CCl)n(-c2ccc([N+](=O)[O-])cc2C(=O)c2ccccc2F)n1. The highest BCUT2D eigenvalue weighted by molar-refractivity contribution is 6.17. The predicted octanol–water partition coefficient (Wildman–Crippen LogP) is 3.46. The van der Waals surface area contributed by atoms with Crippen LogP contribution < -0.4 is 0 Å². The first kappa shape index (κ1) is 21.1. The molecule has 0 saturated carbocycles. The lowest BCUT2D eigenvalue weighted by Crippen LogP contribution is -2.13. The first-order valence-corrected chi connectivity index (χ1v) is 9.17. The maximum Gasteiger partial charge on any atom is 0.378 e. The molecule has 2 aromatic carbocycles. The third kappa shape index (κ3) is 4.03. The number of carbonyl (C=O) groups is 2. The Hall–Kier alpha value is -3.66. The number of halogens is 2. The summed E-state index contributed by atoms with van der Waals surface area (Å²) in [5, 5.41) is 15.3. The molecule has 0 saturated heterocycles. The van der Waals surface area contributed by atoms with E-state index in [0.717, 1.165) is 22.9 Å². The maximum absolute atomic E-state index is 14.2. The summed E-state index contributed by atoms with van der Waals surface area (Å²) >= 11 is 5.90. The zero-order chi connectivity index (χ0) is 21.8. The van der Waals surface area contributed by atoms with E-state index in [1.54, 1.807) is 6.92 Å². The third-order valence-electron chi connectivity index (χ3n) is 4.03. The number of nitrogens with zero attached hydrogens (tertiary/aromatic N) is 4. The van der Waals surface area contributed by atoms with Crippen LogP contribution in [0.2, 0.25) is 0 Å². The van der Waals surface area contributed by atoms with Gasteiger partial charge in [0.25, 0.3) is 11.5 Å². The Morgan fingerprint density at radius 1 is 1.23 bits per heavy atom. The molecular formula is C19H14ClFN4O5. The average Bonchev–Trinajstić information content (AvgIpc) is 3.17. The molecule has 0 aliphatic carbocycles. The number of esters is 1. The quantitative estimate of drug-likeness (QED) is 0.184. The summed E-state index contributed by atoms with van der Waals surface area (Å²) in [5.74, 6) is -2.78. The Kier molecular flexibility index (Phi) is 6.17. The van der Waals surface area contributed by atoms with Crippen molar-refractivity contribution in [3.8, 4) is 5.69 Å². The van der Waals surface area contributed by atoms with Gasteiger partial charge in [0.1, 0.15) is 11.6 Å². The molecule has 1 aromatic heterocycles. The fourth-order valence-corrected chi connectivity index (χ4v) is 2.87. The van der Waals surface area contributed by atoms with E-state index in [9.17, 15) is 24.1 Å². The largest absolute Gasteiger partial charge is 0.460 e. The molecule has 0 bridgehead atoms. The summed E-state index contributed by atoms with van der Waals surface area (Å²) in [5.41, 5.74) is -0.817. The summed E-state index contributed by atoms with van der Waals surface area (Å²) < 4.78 is 20.2. The molecule has 9 nitrogen and oxygen atoms in total. The van der Waals surface area contributed by atoms with E-state index in [-0.39, 0.29) is 46.6 Å². The number of alkyl halides is 1. The summed E-state index contributed by atoms with van der Waals surface area (Å²) in [6.45, 7) is 1.71. The number of benzene rings is 2. The monoisotopic (exact) mass is 432 g/mol. The van der Waals surface area contributed by atoms with Crippen LogP contribution in [0.15, 0.2) is 42.5 Å². The van der Waals surface area contributed by atoms with Crippen LogP contribution in [0.1, 0.15) is 39.3 Å². The molecule has 0 fully saturated rings.